The van der Waals surface area contributed by atoms with Crippen molar-refractivity contribution >= 4 is 5.69 Å². The Labute approximate surface area is 115 Å². The first-order valence-electron chi connectivity index (χ1n) is 6.63. The Morgan fingerprint density at radius 2 is 1.95 bits per heavy atom. The number of nitrogens with zero attached hydrogens (tertiary/aromatic N) is 3. The smallest absolute Gasteiger partial charge is 0.130 e. The Morgan fingerprint density at radius 1 is 1.26 bits per heavy atom. The molecule has 1 unspecified atom stereocenters. The molecule has 1 heterocycles. The van der Waals surface area contributed by atoms with Gasteiger partial charge in [0.15, 0.2) is 0 Å². The number of benzene rings is 1. The number of hydrogen-bond donors (Lipinski definition) is 1. The van der Waals surface area contributed by atoms with E-state index in [2.05, 4.69) is 51.0 Å². The van der Waals surface area contributed by atoms with Crippen molar-refractivity contribution in [1.29, 1.82) is 0 Å². The third-order valence-electron chi connectivity index (χ3n) is 3.38. The third kappa shape index (κ3) is 2.79. The molecule has 0 aliphatic rings. The molecule has 0 fully saturated rings. The van der Waals surface area contributed by atoms with Gasteiger partial charge in [-0.3, -0.25) is 0 Å². The fourth-order valence-corrected chi connectivity index (χ4v) is 2.26. The van der Waals surface area contributed by atoms with Crippen LogP contribution < -0.4 is 10.2 Å². The van der Waals surface area contributed by atoms with E-state index in [1.54, 1.807) is 0 Å². The van der Waals surface area contributed by atoms with Crippen LogP contribution in [0.4, 0.5) is 5.69 Å². The predicted molar refractivity (Wildman–Crippen MR) is 79.6 cm³/mol. The summed E-state index contributed by atoms with van der Waals surface area (Å²) in [6.45, 7) is 3.07. The van der Waals surface area contributed by atoms with Crippen molar-refractivity contribution < 1.29 is 0 Å². The molecule has 1 atom stereocenters. The number of imidazole rings is 1. The summed E-state index contributed by atoms with van der Waals surface area (Å²) in [5.74, 6) is 1.06. The quantitative estimate of drug-likeness (QED) is 0.893. The first kappa shape index (κ1) is 13.6. The highest BCUT2D eigenvalue weighted by molar-refractivity contribution is 5.47. The zero-order chi connectivity index (χ0) is 13.8. The van der Waals surface area contributed by atoms with Crippen LogP contribution in [0.25, 0.3) is 0 Å². The molecule has 4 heteroatoms. The Morgan fingerprint density at radius 3 is 2.47 bits per heavy atom. The van der Waals surface area contributed by atoms with Crippen LogP contribution in [0.15, 0.2) is 36.7 Å². The van der Waals surface area contributed by atoms with E-state index in [-0.39, 0.29) is 6.04 Å². The van der Waals surface area contributed by atoms with Crippen molar-refractivity contribution in [2.75, 3.05) is 26.0 Å². The molecule has 2 rings (SSSR count). The van der Waals surface area contributed by atoms with Gasteiger partial charge < -0.3 is 14.8 Å². The van der Waals surface area contributed by atoms with E-state index < -0.39 is 0 Å². The first-order valence-corrected chi connectivity index (χ1v) is 6.63. The van der Waals surface area contributed by atoms with E-state index in [1.807, 2.05) is 33.5 Å². The zero-order valence-electron chi connectivity index (χ0n) is 12.1. The maximum Gasteiger partial charge on any atom is 0.130 e. The molecule has 0 aliphatic carbocycles. The average molecular weight is 258 g/mol. The van der Waals surface area contributed by atoms with Crippen molar-refractivity contribution in [3.05, 3.63) is 48.0 Å². The first-order chi connectivity index (χ1) is 9.17. The minimum Gasteiger partial charge on any atom is -0.378 e. The Hall–Kier alpha value is -1.81. The van der Waals surface area contributed by atoms with Crippen LogP contribution >= 0.6 is 0 Å². The minimum atomic E-state index is 0.131. The van der Waals surface area contributed by atoms with E-state index >= 15 is 0 Å². The predicted octanol–water partition coefficient (Wildman–Crippen LogP) is 2.28. The van der Waals surface area contributed by atoms with E-state index in [1.165, 1.54) is 11.3 Å². The largest absolute Gasteiger partial charge is 0.378 e. The summed E-state index contributed by atoms with van der Waals surface area (Å²) >= 11 is 0. The zero-order valence-corrected chi connectivity index (χ0v) is 12.1. The van der Waals surface area contributed by atoms with Crippen molar-refractivity contribution in [3.63, 3.8) is 0 Å². The molecule has 4 nitrogen and oxygen atoms in total. The van der Waals surface area contributed by atoms with Gasteiger partial charge in [-0.05, 0) is 31.7 Å². The van der Waals surface area contributed by atoms with Crippen molar-refractivity contribution in [3.8, 4) is 0 Å². The van der Waals surface area contributed by atoms with E-state index in [0.717, 1.165) is 12.4 Å². The van der Waals surface area contributed by atoms with Crippen molar-refractivity contribution in [2.45, 2.75) is 19.5 Å². The Kier molecular flexibility index (Phi) is 4.22. The molecule has 0 amide bonds. The summed E-state index contributed by atoms with van der Waals surface area (Å²) in [5, 5.41) is 3.35. The molecule has 2 aromatic rings. The van der Waals surface area contributed by atoms with Crippen LogP contribution in [-0.2, 0) is 6.54 Å². The normalized spacial score (nSPS) is 12.4. The highest BCUT2D eigenvalue weighted by atomic mass is 15.1. The molecule has 0 radical (unpaired) electrons. The SMILES string of the molecule is CCn1ccnc1C(NC)c1ccc(N(C)C)cc1. The number of rotatable bonds is 5. The topological polar surface area (TPSA) is 33.1 Å². The van der Waals surface area contributed by atoms with Crippen molar-refractivity contribution in [1.82, 2.24) is 14.9 Å². The molecule has 1 N–H and O–H groups in total. The highest BCUT2D eigenvalue weighted by Crippen LogP contribution is 2.22. The van der Waals surface area contributed by atoms with E-state index in [0.29, 0.717) is 0 Å². The number of anilines is 1. The molecule has 0 saturated heterocycles. The monoisotopic (exact) mass is 258 g/mol. The lowest BCUT2D eigenvalue weighted by atomic mass is 10.1. The van der Waals surface area contributed by atoms with Gasteiger partial charge in [0.05, 0.1) is 6.04 Å². The van der Waals surface area contributed by atoms with Gasteiger partial charge in [-0.2, -0.15) is 0 Å². The molecule has 1 aromatic carbocycles. The summed E-state index contributed by atoms with van der Waals surface area (Å²) in [6, 6.07) is 8.72. The van der Waals surface area contributed by atoms with Crippen LogP contribution in [0.2, 0.25) is 0 Å². The van der Waals surface area contributed by atoms with Crippen LogP contribution in [0, 0.1) is 0 Å². The molecule has 0 aliphatic heterocycles. The van der Waals surface area contributed by atoms with E-state index in [4.69, 9.17) is 0 Å². The maximum absolute atomic E-state index is 4.48. The summed E-state index contributed by atoms with van der Waals surface area (Å²) in [5.41, 5.74) is 2.44. The van der Waals surface area contributed by atoms with Gasteiger partial charge in [0.2, 0.25) is 0 Å². The Balaban J connectivity index is 2.32. The van der Waals surface area contributed by atoms with Gasteiger partial charge in [-0.15, -0.1) is 0 Å². The summed E-state index contributed by atoms with van der Waals surface area (Å²) in [7, 11) is 6.07. The number of aryl methyl sites for hydroxylation is 1. The molecule has 102 valence electrons. The average Bonchev–Trinajstić information content (AvgIpc) is 2.88. The van der Waals surface area contributed by atoms with Crippen LogP contribution in [0.5, 0.6) is 0 Å². The summed E-state index contributed by atoms with van der Waals surface area (Å²) in [6.07, 6.45) is 3.88. The van der Waals surface area contributed by atoms with Gasteiger partial charge in [0, 0.05) is 38.7 Å². The number of nitrogens with one attached hydrogen (secondary N) is 1. The lowest BCUT2D eigenvalue weighted by Crippen LogP contribution is -2.22. The number of aromatic nitrogens is 2. The lowest BCUT2D eigenvalue weighted by Gasteiger charge is -2.19. The second kappa shape index (κ2) is 5.89. The van der Waals surface area contributed by atoms with Crippen LogP contribution in [0.3, 0.4) is 0 Å². The number of hydrogen-bond acceptors (Lipinski definition) is 3. The fourth-order valence-electron chi connectivity index (χ4n) is 2.26. The van der Waals surface area contributed by atoms with Gasteiger partial charge in [-0.1, -0.05) is 12.1 Å². The minimum absolute atomic E-state index is 0.131. The summed E-state index contributed by atoms with van der Waals surface area (Å²) < 4.78 is 2.17. The maximum atomic E-state index is 4.48. The molecule has 0 bridgehead atoms. The Bertz CT molecular complexity index is 513. The summed E-state index contributed by atoms with van der Waals surface area (Å²) in [4.78, 5) is 6.58. The molecule has 0 saturated carbocycles. The van der Waals surface area contributed by atoms with Crippen LogP contribution in [-0.4, -0.2) is 30.7 Å². The lowest BCUT2D eigenvalue weighted by molar-refractivity contribution is 0.590. The molecular weight excluding hydrogens is 236 g/mol. The third-order valence-corrected chi connectivity index (χ3v) is 3.38. The van der Waals surface area contributed by atoms with Crippen LogP contribution in [0.1, 0.15) is 24.4 Å². The van der Waals surface area contributed by atoms with Crippen molar-refractivity contribution in [2.24, 2.45) is 0 Å². The molecular formula is C15H22N4. The molecule has 19 heavy (non-hydrogen) atoms. The molecule has 0 spiro atoms. The molecule has 1 aromatic heterocycles. The standard InChI is InChI=1S/C15H22N4/c1-5-19-11-10-17-15(19)14(16-2)12-6-8-13(9-7-12)18(3)4/h6-11,14,16H,5H2,1-4H3. The fraction of sp³-hybridized carbons (Fsp3) is 0.400. The highest BCUT2D eigenvalue weighted by Gasteiger charge is 2.16. The van der Waals surface area contributed by atoms with Gasteiger partial charge in [-0.25, -0.2) is 4.98 Å². The van der Waals surface area contributed by atoms with Gasteiger partial charge in [0.1, 0.15) is 5.82 Å². The second-order valence-electron chi connectivity index (χ2n) is 4.78. The second-order valence-corrected chi connectivity index (χ2v) is 4.78. The van der Waals surface area contributed by atoms with Gasteiger partial charge in [0.25, 0.3) is 0 Å². The van der Waals surface area contributed by atoms with Gasteiger partial charge >= 0.3 is 0 Å². The van der Waals surface area contributed by atoms with E-state index in [9.17, 15) is 0 Å².